The third-order valence-corrected chi connectivity index (χ3v) is 6.63. The van der Waals surface area contributed by atoms with E-state index in [1.807, 2.05) is 19.1 Å². The van der Waals surface area contributed by atoms with Gasteiger partial charge in [-0.25, -0.2) is 4.79 Å². The summed E-state index contributed by atoms with van der Waals surface area (Å²) in [6.45, 7) is 5.48. The first-order valence-corrected chi connectivity index (χ1v) is 11.5. The Morgan fingerprint density at radius 3 is 2.52 bits per heavy atom. The normalized spacial score (nSPS) is 23.8. The smallest absolute Gasteiger partial charge is 0.322 e. The van der Waals surface area contributed by atoms with Crippen molar-refractivity contribution in [2.75, 3.05) is 24.5 Å². The summed E-state index contributed by atoms with van der Waals surface area (Å²) in [7, 11) is 0. The van der Waals surface area contributed by atoms with Crippen molar-refractivity contribution in [1.29, 1.82) is 0 Å². The van der Waals surface area contributed by atoms with Gasteiger partial charge >= 0.3 is 6.03 Å². The van der Waals surface area contributed by atoms with Gasteiger partial charge in [-0.3, -0.25) is 19.9 Å². The standard InChI is InChI=1S/C23H25Cl2N5O3/c1-14(12-23(19-5-3-4-6-26-19)21(32)27-22(33)28-23)20(31)29-7-8-30(15(2)13-29)18-10-16(24)9-17(25)11-18/h3-6,9-11,14-15H,7-8,12-13H2,1-2H3,(H2,27,28,32,33)/t14?,15-,23?/m0/s1. The van der Waals surface area contributed by atoms with Crippen LogP contribution in [0, 0.1) is 5.92 Å². The van der Waals surface area contributed by atoms with E-state index < -0.39 is 23.4 Å². The fraction of sp³-hybridized carbons (Fsp3) is 0.391. The van der Waals surface area contributed by atoms with Gasteiger partial charge in [0.05, 0.1) is 5.69 Å². The van der Waals surface area contributed by atoms with Gasteiger partial charge in [-0.15, -0.1) is 0 Å². The molecule has 3 atom stereocenters. The molecule has 1 aromatic heterocycles. The van der Waals surface area contributed by atoms with Gasteiger partial charge in [0.15, 0.2) is 5.54 Å². The number of nitrogens with one attached hydrogen (secondary N) is 2. The fourth-order valence-corrected chi connectivity index (χ4v) is 5.15. The maximum absolute atomic E-state index is 13.3. The van der Waals surface area contributed by atoms with Crippen LogP contribution < -0.4 is 15.5 Å². The highest BCUT2D eigenvalue weighted by molar-refractivity contribution is 6.35. The number of hydrogen-bond donors (Lipinski definition) is 2. The van der Waals surface area contributed by atoms with E-state index in [1.54, 1.807) is 42.3 Å². The molecule has 0 aliphatic carbocycles. The van der Waals surface area contributed by atoms with Crippen LogP contribution >= 0.6 is 23.2 Å². The van der Waals surface area contributed by atoms with Crippen LogP contribution in [-0.4, -0.2) is 53.4 Å². The summed E-state index contributed by atoms with van der Waals surface area (Å²) in [5.41, 5.74) is -0.0538. The molecule has 2 unspecified atom stereocenters. The van der Waals surface area contributed by atoms with E-state index in [4.69, 9.17) is 23.2 Å². The number of imide groups is 1. The molecule has 2 aromatic rings. The van der Waals surface area contributed by atoms with Crippen molar-refractivity contribution < 1.29 is 14.4 Å². The average Bonchev–Trinajstić information content (AvgIpc) is 3.06. The van der Waals surface area contributed by atoms with Gasteiger partial charge < -0.3 is 15.1 Å². The van der Waals surface area contributed by atoms with Crippen LogP contribution in [0.3, 0.4) is 0 Å². The van der Waals surface area contributed by atoms with E-state index >= 15 is 0 Å². The number of hydrogen-bond acceptors (Lipinski definition) is 5. The average molecular weight is 490 g/mol. The van der Waals surface area contributed by atoms with E-state index in [1.165, 1.54) is 0 Å². The summed E-state index contributed by atoms with van der Waals surface area (Å²) in [4.78, 5) is 46.3. The number of rotatable bonds is 5. The van der Waals surface area contributed by atoms with E-state index in [9.17, 15) is 14.4 Å². The molecule has 2 aliphatic heterocycles. The zero-order valence-corrected chi connectivity index (χ0v) is 19.9. The number of nitrogens with zero attached hydrogens (tertiary/aromatic N) is 3. The van der Waals surface area contributed by atoms with Crippen molar-refractivity contribution in [3.05, 3.63) is 58.3 Å². The number of aromatic nitrogens is 1. The van der Waals surface area contributed by atoms with Crippen molar-refractivity contribution in [2.24, 2.45) is 5.92 Å². The van der Waals surface area contributed by atoms with Gasteiger partial charge in [0.1, 0.15) is 0 Å². The maximum Gasteiger partial charge on any atom is 0.322 e. The van der Waals surface area contributed by atoms with Gasteiger partial charge in [-0.1, -0.05) is 36.2 Å². The van der Waals surface area contributed by atoms with Gasteiger partial charge in [0.2, 0.25) is 5.91 Å². The molecule has 8 nitrogen and oxygen atoms in total. The Balaban J connectivity index is 1.48. The number of urea groups is 1. The van der Waals surface area contributed by atoms with Crippen molar-refractivity contribution in [2.45, 2.75) is 31.8 Å². The van der Waals surface area contributed by atoms with Gasteiger partial charge in [-0.05, 0) is 43.7 Å². The molecule has 0 radical (unpaired) electrons. The molecule has 0 spiro atoms. The van der Waals surface area contributed by atoms with Crippen LogP contribution in [0.1, 0.15) is 26.0 Å². The molecule has 4 amide bonds. The molecule has 2 saturated heterocycles. The molecular weight excluding hydrogens is 465 g/mol. The second-order valence-corrected chi connectivity index (χ2v) is 9.46. The third kappa shape index (κ3) is 4.63. The Kier molecular flexibility index (Phi) is 6.50. The summed E-state index contributed by atoms with van der Waals surface area (Å²) in [5, 5.41) is 6.12. The minimum atomic E-state index is -1.38. The molecule has 2 fully saturated rings. The minimum absolute atomic E-state index is 0.0451. The number of halogens is 2. The number of carbonyl (C=O) groups excluding carboxylic acids is 3. The monoisotopic (exact) mass is 489 g/mol. The fourth-order valence-electron chi connectivity index (χ4n) is 4.64. The molecule has 10 heteroatoms. The Morgan fingerprint density at radius 1 is 1.21 bits per heavy atom. The van der Waals surface area contributed by atoms with E-state index in [2.05, 4.69) is 20.5 Å². The maximum atomic E-state index is 13.3. The van der Waals surface area contributed by atoms with Gasteiger partial charge in [0, 0.05) is 53.5 Å². The Bertz CT molecular complexity index is 1060. The predicted molar refractivity (Wildman–Crippen MR) is 126 cm³/mol. The van der Waals surface area contributed by atoms with E-state index in [-0.39, 0.29) is 18.4 Å². The lowest BCUT2D eigenvalue weighted by Crippen LogP contribution is -2.55. The van der Waals surface area contributed by atoms with Crippen molar-refractivity contribution in [3.8, 4) is 0 Å². The summed E-state index contributed by atoms with van der Waals surface area (Å²) in [6.07, 6.45) is 1.67. The van der Waals surface area contributed by atoms with Crippen LogP contribution in [0.2, 0.25) is 10.0 Å². The predicted octanol–water partition coefficient (Wildman–Crippen LogP) is 3.19. The zero-order valence-electron chi connectivity index (χ0n) is 18.3. The second-order valence-electron chi connectivity index (χ2n) is 8.59. The van der Waals surface area contributed by atoms with E-state index in [0.29, 0.717) is 35.4 Å². The first kappa shape index (κ1) is 23.3. The lowest BCUT2D eigenvalue weighted by molar-refractivity contribution is -0.137. The molecule has 4 rings (SSSR count). The summed E-state index contributed by atoms with van der Waals surface area (Å²) in [5.74, 6) is -1.09. The molecule has 0 bridgehead atoms. The quantitative estimate of drug-likeness (QED) is 0.628. The first-order chi connectivity index (χ1) is 15.7. The molecular formula is C23H25Cl2N5O3. The summed E-state index contributed by atoms with van der Waals surface area (Å²) >= 11 is 12.3. The van der Waals surface area contributed by atoms with Crippen molar-refractivity contribution in [3.63, 3.8) is 0 Å². The molecule has 2 N–H and O–H groups in total. The second kappa shape index (κ2) is 9.19. The SMILES string of the molecule is CC(CC1(c2ccccn2)NC(=O)NC1=O)C(=O)N1CCN(c2cc(Cl)cc(Cl)c2)[C@@H](C)C1. The first-order valence-electron chi connectivity index (χ1n) is 10.8. The Morgan fingerprint density at radius 2 is 1.94 bits per heavy atom. The minimum Gasteiger partial charge on any atom is -0.365 e. The largest absolute Gasteiger partial charge is 0.365 e. The lowest BCUT2D eigenvalue weighted by Gasteiger charge is -2.42. The van der Waals surface area contributed by atoms with Gasteiger partial charge in [-0.2, -0.15) is 0 Å². The molecule has 1 aromatic carbocycles. The zero-order chi connectivity index (χ0) is 23.8. The Labute approximate surface area is 202 Å². The lowest BCUT2D eigenvalue weighted by atomic mass is 9.84. The summed E-state index contributed by atoms with van der Waals surface area (Å²) < 4.78 is 0. The number of benzene rings is 1. The number of amides is 4. The highest BCUT2D eigenvalue weighted by Gasteiger charge is 2.50. The number of piperazine rings is 1. The molecule has 33 heavy (non-hydrogen) atoms. The van der Waals surface area contributed by atoms with Crippen LogP contribution in [0.25, 0.3) is 0 Å². The van der Waals surface area contributed by atoms with Gasteiger partial charge in [0.25, 0.3) is 5.91 Å². The highest BCUT2D eigenvalue weighted by Crippen LogP contribution is 2.32. The van der Waals surface area contributed by atoms with Crippen LogP contribution in [-0.2, 0) is 15.1 Å². The van der Waals surface area contributed by atoms with Crippen LogP contribution in [0.5, 0.6) is 0 Å². The molecule has 2 aliphatic rings. The number of anilines is 1. The summed E-state index contributed by atoms with van der Waals surface area (Å²) in [6, 6.07) is 10.0. The molecule has 3 heterocycles. The van der Waals surface area contributed by atoms with E-state index in [0.717, 1.165) is 5.69 Å². The van der Waals surface area contributed by atoms with Crippen LogP contribution in [0.4, 0.5) is 10.5 Å². The van der Waals surface area contributed by atoms with Crippen molar-refractivity contribution in [1.82, 2.24) is 20.5 Å². The number of pyridine rings is 1. The topological polar surface area (TPSA) is 94.6 Å². The van der Waals surface area contributed by atoms with Crippen molar-refractivity contribution >= 4 is 46.7 Å². The highest BCUT2D eigenvalue weighted by atomic mass is 35.5. The third-order valence-electron chi connectivity index (χ3n) is 6.20. The Hall–Kier alpha value is -2.84. The molecule has 0 saturated carbocycles. The van der Waals surface area contributed by atoms with Crippen LogP contribution in [0.15, 0.2) is 42.6 Å². The number of carbonyl (C=O) groups is 3. The molecule has 174 valence electrons.